The quantitative estimate of drug-likeness (QED) is 0.464. The van der Waals surface area contributed by atoms with Gasteiger partial charge in [-0.05, 0) is 67.1 Å². The van der Waals surface area contributed by atoms with E-state index in [1.807, 2.05) is 60.3 Å². The number of carbonyl (C=O) groups is 1. The minimum atomic E-state index is -0.214. The molecule has 1 amide bonds. The van der Waals surface area contributed by atoms with Gasteiger partial charge in [0.1, 0.15) is 11.4 Å². The Morgan fingerprint density at radius 3 is 2.47 bits per heavy atom. The molecule has 0 saturated carbocycles. The fourth-order valence-electron chi connectivity index (χ4n) is 3.09. The highest BCUT2D eigenvalue weighted by Gasteiger charge is 2.16. The van der Waals surface area contributed by atoms with E-state index in [1.165, 1.54) is 4.68 Å². The van der Waals surface area contributed by atoms with Crippen molar-refractivity contribution in [1.29, 1.82) is 0 Å². The van der Waals surface area contributed by atoms with Crippen molar-refractivity contribution in [3.05, 3.63) is 102 Å². The summed E-state index contributed by atoms with van der Waals surface area (Å²) in [7, 11) is 0. The maximum atomic E-state index is 12.8. The number of benzene rings is 2. The first-order valence-corrected chi connectivity index (χ1v) is 9.92. The minimum absolute atomic E-state index is 0.122. The average molecular weight is 421 g/mol. The van der Waals surface area contributed by atoms with E-state index in [1.54, 1.807) is 36.5 Å². The summed E-state index contributed by atoms with van der Waals surface area (Å²) in [6.07, 6.45) is 5.57. The number of nitrogens with zero attached hydrogens (tertiary/aromatic N) is 3. The second-order valence-corrected chi connectivity index (χ2v) is 7.26. The van der Waals surface area contributed by atoms with Crippen molar-refractivity contribution in [1.82, 2.24) is 19.7 Å². The molecule has 1 N–H and O–H groups in total. The Kier molecular flexibility index (Phi) is 5.86. The lowest BCUT2D eigenvalue weighted by Gasteiger charge is -2.16. The van der Waals surface area contributed by atoms with Crippen molar-refractivity contribution in [2.24, 2.45) is 0 Å². The minimum Gasteiger partial charge on any atom is -0.471 e. The van der Waals surface area contributed by atoms with E-state index >= 15 is 0 Å². The average Bonchev–Trinajstić information content (AvgIpc) is 3.46. The second-order valence-electron chi connectivity index (χ2n) is 6.82. The lowest BCUT2D eigenvalue weighted by atomic mass is 10.1. The van der Waals surface area contributed by atoms with Crippen molar-refractivity contribution >= 4 is 17.5 Å². The topological polar surface area (TPSA) is 61.1 Å². The first kappa shape index (κ1) is 19.8. The van der Waals surface area contributed by atoms with E-state index in [2.05, 4.69) is 10.4 Å². The number of ether oxygens (including phenoxy) is 1. The van der Waals surface area contributed by atoms with Crippen LogP contribution in [0.15, 0.2) is 85.3 Å². The van der Waals surface area contributed by atoms with Gasteiger partial charge in [0.25, 0.3) is 5.91 Å². The van der Waals surface area contributed by atoms with Gasteiger partial charge in [0.2, 0.25) is 0 Å². The summed E-state index contributed by atoms with van der Waals surface area (Å²) in [5.74, 6) is 0.437. The highest BCUT2D eigenvalue weighted by Crippen LogP contribution is 2.18. The van der Waals surface area contributed by atoms with Crippen molar-refractivity contribution in [3.63, 3.8) is 0 Å². The van der Waals surface area contributed by atoms with Crippen LogP contribution >= 0.6 is 11.6 Å². The van der Waals surface area contributed by atoms with Gasteiger partial charge in [-0.25, -0.2) is 4.68 Å². The molecule has 0 spiro atoms. The third kappa shape index (κ3) is 4.55. The highest BCUT2D eigenvalue weighted by molar-refractivity contribution is 6.30. The van der Waals surface area contributed by atoms with Crippen LogP contribution in [-0.2, 0) is 6.73 Å². The smallest absolute Gasteiger partial charge is 0.270 e. The Morgan fingerprint density at radius 1 is 1.07 bits per heavy atom. The molecule has 1 unspecified atom stereocenters. The van der Waals surface area contributed by atoms with Crippen molar-refractivity contribution in [2.75, 3.05) is 0 Å². The van der Waals surface area contributed by atoms with Gasteiger partial charge in [-0.2, -0.15) is 5.10 Å². The molecular weight excluding hydrogens is 400 g/mol. The lowest BCUT2D eigenvalue weighted by molar-refractivity contribution is 0.0918. The predicted molar refractivity (Wildman–Crippen MR) is 116 cm³/mol. The molecule has 0 aliphatic carbocycles. The fourth-order valence-corrected chi connectivity index (χ4v) is 3.22. The lowest BCUT2D eigenvalue weighted by Crippen LogP contribution is -2.29. The van der Waals surface area contributed by atoms with Crippen molar-refractivity contribution < 1.29 is 9.53 Å². The standard InChI is InChI=1S/C23H21ClN4O2/c1-17(18-4-8-20(9-5-18)27-14-2-3-15-27)26-23(29)22-12-13-25-28(22)16-30-21-10-6-19(24)7-11-21/h2-15,17H,16H2,1H3,(H,26,29). The largest absolute Gasteiger partial charge is 0.471 e. The molecule has 0 saturated heterocycles. The van der Waals surface area contributed by atoms with E-state index in [0.717, 1.165) is 11.3 Å². The van der Waals surface area contributed by atoms with Gasteiger partial charge in [-0.1, -0.05) is 23.7 Å². The van der Waals surface area contributed by atoms with Crippen molar-refractivity contribution in [3.8, 4) is 11.4 Å². The van der Waals surface area contributed by atoms with Crippen LogP contribution in [0.5, 0.6) is 5.75 Å². The summed E-state index contributed by atoms with van der Waals surface area (Å²) >= 11 is 5.88. The number of hydrogen-bond acceptors (Lipinski definition) is 3. The molecule has 0 fully saturated rings. The Morgan fingerprint density at radius 2 is 1.77 bits per heavy atom. The van der Waals surface area contributed by atoms with Gasteiger partial charge >= 0.3 is 0 Å². The van der Waals surface area contributed by atoms with Gasteiger partial charge < -0.3 is 14.6 Å². The third-order valence-electron chi connectivity index (χ3n) is 4.76. The molecule has 30 heavy (non-hydrogen) atoms. The number of hydrogen-bond donors (Lipinski definition) is 1. The monoisotopic (exact) mass is 420 g/mol. The maximum Gasteiger partial charge on any atom is 0.270 e. The molecule has 0 aliphatic rings. The molecule has 2 aromatic heterocycles. The Bertz CT molecular complexity index is 1100. The molecule has 7 heteroatoms. The molecule has 4 rings (SSSR count). The maximum absolute atomic E-state index is 12.8. The zero-order chi connectivity index (χ0) is 20.9. The Labute approximate surface area is 179 Å². The molecule has 2 aromatic carbocycles. The Hall–Kier alpha value is -3.51. The molecule has 1 atom stereocenters. The first-order chi connectivity index (χ1) is 14.6. The number of rotatable bonds is 7. The number of carbonyl (C=O) groups excluding carboxylic acids is 1. The number of amides is 1. The van der Waals surface area contributed by atoms with Crippen LogP contribution < -0.4 is 10.1 Å². The number of aromatic nitrogens is 3. The SMILES string of the molecule is CC(NC(=O)c1ccnn1COc1ccc(Cl)cc1)c1ccc(-n2cccc2)cc1. The van der Waals surface area contributed by atoms with Gasteiger partial charge in [0, 0.05) is 29.3 Å². The summed E-state index contributed by atoms with van der Waals surface area (Å²) in [4.78, 5) is 12.8. The summed E-state index contributed by atoms with van der Waals surface area (Å²) < 4.78 is 9.25. The zero-order valence-electron chi connectivity index (χ0n) is 16.4. The first-order valence-electron chi connectivity index (χ1n) is 9.54. The summed E-state index contributed by atoms with van der Waals surface area (Å²) in [5.41, 5.74) is 2.52. The van der Waals surface area contributed by atoms with Crippen LogP contribution in [0.1, 0.15) is 29.0 Å². The molecule has 6 nitrogen and oxygen atoms in total. The summed E-state index contributed by atoms with van der Waals surface area (Å²) in [6.45, 7) is 2.07. The van der Waals surface area contributed by atoms with E-state index in [0.29, 0.717) is 16.5 Å². The zero-order valence-corrected chi connectivity index (χ0v) is 17.2. The number of nitrogens with one attached hydrogen (secondary N) is 1. The predicted octanol–water partition coefficient (Wildman–Crippen LogP) is 4.85. The van der Waals surface area contributed by atoms with Crippen molar-refractivity contribution in [2.45, 2.75) is 19.7 Å². The summed E-state index contributed by atoms with van der Waals surface area (Å²) in [6, 6.07) is 20.6. The van der Waals surface area contributed by atoms with Crippen LogP contribution in [0.3, 0.4) is 0 Å². The molecule has 4 aromatic rings. The molecular formula is C23H21ClN4O2. The van der Waals surface area contributed by atoms with Gasteiger partial charge in [-0.3, -0.25) is 4.79 Å². The highest BCUT2D eigenvalue weighted by atomic mass is 35.5. The second kappa shape index (κ2) is 8.88. The molecule has 0 aliphatic heterocycles. The van der Waals surface area contributed by atoms with E-state index < -0.39 is 0 Å². The van der Waals surface area contributed by atoms with Crippen LogP contribution in [0, 0.1) is 0 Å². The molecule has 0 bridgehead atoms. The Balaban J connectivity index is 1.39. The molecule has 2 heterocycles. The van der Waals surface area contributed by atoms with E-state index in [9.17, 15) is 4.79 Å². The molecule has 152 valence electrons. The molecule has 0 radical (unpaired) electrons. The van der Waals surface area contributed by atoms with Gasteiger partial charge in [-0.15, -0.1) is 0 Å². The van der Waals surface area contributed by atoms with Crippen LogP contribution in [-0.4, -0.2) is 20.3 Å². The summed E-state index contributed by atoms with van der Waals surface area (Å²) in [5, 5.41) is 7.85. The van der Waals surface area contributed by atoms with E-state index in [-0.39, 0.29) is 18.7 Å². The van der Waals surface area contributed by atoms with Crippen LogP contribution in [0.25, 0.3) is 5.69 Å². The number of halogens is 1. The van der Waals surface area contributed by atoms with Gasteiger partial charge in [0.15, 0.2) is 6.73 Å². The normalized spacial score (nSPS) is 11.8. The van der Waals surface area contributed by atoms with Crippen LogP contribution in [0.4, 0.5) is 0 Å². The fraction of sp³-hybridized carbons (Fsp3) is 0.130. The van der Waals surface area contributed by atoms with Gasteiger partial charge in [0.05, 0.1) is 6.04 Å². The third-order valence-corrected chi connectivity index (χ3v) is 5.01. The van der Waals surface area contributed by atoms with Crippen LogP contribution in [0.2, 0.25) is 5.02 Å². The van der Waals surface area contributed by atoms with E-state index in [4.69, 9.17) is 16.3 Å².